The van der Waals surface area contributed by atoms with Gasteiger partial charge in [-0.1, -0.05) is 0 Å². The molecule has 1 amide bonds. The molecule has 8 nitrogen and oxygen atoms in total. The molecule has 0 saturated carbocycles. The highest BCUT2D eigenvalue weighted by atomic mass is 16.5. The lowest BCUT2D eigenvalue weighted by molar-refractivity contribution is 0.0550. The van der Waals surface area contributed by atoms with Gasteiger partial charge in [-0.15, -0.1) is 0 Å². The number of likely N-dealkylation sites (tertiary alicyclic amines) is 1. The van der Waals surface area contributed by atoms with Crippen molar-refractivity contribution in [3.63, 3.8) is 0 Å². The molecule has 2 aliphatic rings. The molecule has 0 aliphatic carbocycles. The Bertz CT molecular complexity index is 786. The fourth-order valence-corrected chi connectivity index (χ4v) is 4.03. The van der Waals surface area contributed by atoms with Crippen molar-refractivity contribution in [3.05, 3.63) is 36.7 Å². The highest BCUT2D eigenvalue weighted by molar-refractivity contribution is 5.92. The van der Waals surface area contributed by atoms with Crippen LogP contribution in [0.15, 0.2) is 31.0 Å². The van der Waals surface area contributed by atoms with Crippen LogP contribution in [0.3, 0.4) is 0 Å². The lowest BCUT2D eigenvalue weighted by Crippen LogP contribution is -2.47. The molecule has 2 aromatic heterocycles. The summed E-state index contributed by atoms with van der Waals surface area (Å²) in [7, 11) is 1.61. The van der Waals surface area contributed by atoms with Crippen LogP contribution in [-0.4, -0.2) is 64.0 Å². The summed E-state index contributed by atoms with van der Waals surface area (Å²) < 4.78 is 5.21. The van der Waals surface area contributed by atoms with Gasteiger partial charge < -0.3 is 14.5 Å². The van der Waals surface area contributed by atoms with Crippen LogP contribution in [-0.2, 0) is 0 Å². The second-order valence-corrected chi connectivity index (χ2v) is 7.01. The smallest absolute Gasteiger partial charge is 0.274 e. The van der Waals surface area contributed by atoms with Crippen LogP contribution in [0.1, 0.15) is 29.8 Å². The largest absolute Gasteiger partial charge is 0.481 e. The molecule has 2 fully saturated rings. The second-order valence-electron chi connectivity index (χ2n) is 7.01. The number of nitrogens with zero attached hydrogens (tertiary/aromatic N) is 6. The first-order valence-corrected chi connectivity index (χ1v) is 8.85. The minimum atomic E-state index is -0.0284. The zero-order valence-electron chi connectivity index (χ0n) is 14.8. The quantitative estimate of drug-likeness (QED) is 0.824. The number of hydrogen-bond donors (Lipinski definition) is 0. The molecule has 1 atom stereocenters. The molecule has 2 aliphatic heterocycles. The molecule has 0 N–H and O–H groups in total. The highest BCUT2D eigenvalue weighted by Gasteiger charge is 2.43. The van der Waals surface area contributed by atoms with Crippen molar-refractivity contribution in [1.29, 1.82) is 0 Å². The Labute approximate surface area is 152 Å². The van der Waals surface area contributed by atoms with E-state index >= 15 is 0 Å². The third kappa shape index (κ3) is 3.18. The highest BCUT2D eigenvalue weighted by Crippen LogP contribution is 2.40. The molecule has 4 heterocycles. The van der Waals surface area contributed by atoms with Crippen LogP contribution in [0.4, 0.5) is 5.82 Å². The van der Waals surface area contributed by atoms with E-state index in [0.29, 0.717) is 11.6 Å². The Kier molecular flexibility index (Phi) is 4.40. The molecule has 4 rings (SSSR count). The number of anilines is 1. The molecule has 0 bridgehead atoms. The first-order valence-electron chi connectivity index (χ1n) is 8.85. The number of carbonyl (C=O) groups excluding carboxylic acids is 1. The van der Waals surface area contributed by atoms with Crippen molar-refractivity contribution < 1.29 is 9.53 Å². The van der Waals surface area contributed by atoms with E-state index in [2.05, 4.69) is 24.8 Å². The summed E-state index contributed by atoms with van der Waals surface area (Å²) in [5.74, 6) is 1.42. The maximum atomic E-state index is 12.7. The number of ether oxygens (including phenoxy) is 1. The molecule has 2 saturated heterocycles. The molecule has 0 aromatic carbocycles. The SMILES string of the molecule is COc1cc(N2CC[C@@]3(CCCN(C(=O)c4cnccn4)C3)C2)ncn1. The Morgan fingerprint density at radius 1 is 1.15 bits per heavy atom. The maximum absolute atomic E-state index is 12.7. The van der Waals surface area contributed by atoms with Crippen LogP contribution >= 0.6 is 0 Å². The topological polar surface area (TPSA) is 84.3 Å². The van der Waals surface area contributed by atoms with Gasteiger partial charge in [0.15, 0.2) is 0 Å². The molecule has 0 unspecified atom stereocenters. The van der Waals surface area contributed by atoms with Crippen molar-refractivity contribution in [2.45, 2.75) is 19.3 Å². The van der Waals surface area contributed by atoms with Crippen molar-refractivity contribution in [1.82, 2.24) is 24.8 Å². The zero-order valence-corrected chi connectivity index (χ0v) is 14.8. The van der Waals surface area contributed by atoms with E-state index in [0.717, 1.165) is 51.3 Å². The average Bonchev–Trinajstić information content (AvgIpc) is 3.11. The minimum Gasteiger partial charge on any atom is -0.481 e. The van der Waals surface area contributed by atoms with Crippen molar-refractivity contribution in [2.24, 2.45) is 5.41 Å². The predicted molar refractivity (Wildman–Crippen MR) is 95.0 cm³/mol. The van der Waals surface area contributed by atoms with Crippen LogP contribution in [0.5, 0.6) is 5.88 Å². The molecule has 8 heteroatoms. The molecule has 136 valence electrons. The molecule has 0 radical (unpaired) electrons. The van der Waals surface area contributed by atoms with E-state index < -0.39 is 0 Å². The number of aromatic nitrogens is 4. The van der Waals surface area contributed by atoms with Crippen LogP contribution < -0.4 is 9.64 Å². The Hall–Kier alpha value is -2.77. The summed E-state index contributed by atoms with van der Waals surface area (Å²) in [5, 5.41) is 0. The van der Waals surface area contributed by atoms with Crippen molar-refractivity contribution >= 4 is 11.7 Å². The number of amides is 1. The number of carbonyl (C=O) groups is 1. The summed E-state index contributed by atoms with van der Waals surface area (Å²) in [6, 6.07) is 1.87. The molecule has 1 spiro atoms. The lowest BCUT2D eigenvalue weighted by atomic mass is 9.79. The normalized spacial score (nSPS) is 22.7. The van der Waals surface area contributed by atoms with Crippen molar-refractivity contribution in [2.75, 3.05) is 38.2 Å². The zero-order chi connectivity index (χ0) is 18.0. The summed E-state index contributed by atoms with van der Waals surface area (Å²) in [6.07, 6.45) is 9.39. The van der Waals surface area contributed by atoms with Crippen LogP contribution in [0.25, 0.3) is 0 Å². The fourth-order valence-electron chi connectivity index (χ4n) is 4.03. The van der Waals surface area contributed by atoms with Gasteiger partial charge in [0.2, 0.25) is 5.88 Å². The van der Waals surface area contributed by atoms with Gasteiger partial charge in [-0.05, 0) is 19.3 Å². The third-order valence-corrected chi connectivity index (χ3v) is 5.33. The van der Waals surface area contributed by atoms with E-state index in [1.807, 2.05) is 11.0 Å². The third-order valence-electron chi connectivity index (χ3n) is 5.33. The molecule has 2 aromatic rings. The number of methoxy groups -OCH3 is 1. The first kappa shape index (κ1) is 16.7. The van der Waals surface area contributed by atoms with Gasteiger partial charge in [0.25, 0.3) is 5.91 Å². The summed E-state index contributed by atoms with van der Waals surface area (Å²) in [5.41, 5.74) is 0.522. The maximum Gasteiger partial charge on any atom is 0.274 e. The van der Waals surface area contributed by atoms with Crippen molar-refractivity contribution in [3.8, 4) is 5.88 Å². The standard InChI is InChI=1S/C18H22N6O2/c1-26-16-9-15(21-13-22-16)23-8-4-18(11-23)3-2-7-24(12-18)17(25)14-10-19-5-6-20-14/h5-6,9-10,13H,2-4,7-8,11-12H2,1H3/t18-/m0/s1. The van der Waals surface area contributed by atoms with Gasteiger partial charge in [0.1, 0.15) is 17.8 Å². The van der Waals surface area contributed by atoms with Gasteiger partial charge in [-0.25, -0.2) is 15.0 Å². The molecular weight excluding hydrogens is 332 g/mol. The minimum absolute atomic E-state index is 0.0284. The Morgan fingerprint density at radius 2 is 2.08 bits per heavy atom. The Morgan fingerprint density at radius 3 is 2.88 bits per heavy atom. The lowest BCUT2D eigenvalue weighted by Gasteiger charge is -2.40. The molecule has 26 heavy (non-hydrogen) atoms. The van der Waals surface area contributed by atoms with Gasteiger partial charge in [0.05, 0.1) is 13.3 Å². The summed E-state index contributed by atoms with van der Waals surface area (Å²) in [6.45, 7) is 3.34. The van der Waals surface area contributed by atoms with E-state index in [4.69, 9.17) is 4.74 Å². The van der Waals surface area contributed by atoms with E-state index in [1.165, 1.54) is 12.5 Å². The Balaban J connectivity index is 1.48. The van der Waals surface area contributed by atoms with E-state index in [9.17, 15) is 4.79 Å². The first-order chi connectivity index (χ1) is 12.7. The van der Waals surface area contributed by atoms with Gasteiger partial charge >= 0.3 is 0 Å². The summed E-state index contributed by atoms with van der Waals surface area (Å²) in [4.78, 5) is 33.6. The van der Waals surface area contributed by atoms with Crippen LogP contribution in [0.2, 0.25) is 0 Å². The van der Waals surface area contributed by atoms with Gasteiger partial charge in [-0.2, -0.15) is 0 Å². The number of rotatable bonds is 3. The number of piperidine rings is 1. The average molecular weight is 354 g/mol. The fraction of sp³-hybridized carbons (Fsp3) is 0.500. The number of hydrogen-bond acceptors (Lipinski definition) is 7. The van der Waals surface area contributed by atoms with Gasteiger partial charge in [0, 0.05) is 50.1 Å². The summed E-state index contributed by atoms with van der Waals surface area (Å²) >= 11 is 0. The monoisotopic (exact) mass is 354 g/mol. The van der Waals surface area contributed by atoms with Crippen LogP contribution in [0, 0.1) is 5.41 Å². The van der Waals surface area contributed by atoms with E-state index in [-0.39, 0.29) is 11.3 Å². The van der Waals surface area contributed by atoms with E-state index in [1.54, 1.807) is 19.5 Å². The second kappa shape index (κ2) is 6.86. The predicted octanol–water partition coefficient (Wildman–Crippen LogP) is 1.41. The molecular formula is C18H22N6O2. The van der Waals surface area contributed by atoms with Gasteiger partial charge in [-0.3, -0.25) is 9.78 Å².